The molecule has 2 rings (SSSR count). The molecule has 0 radical (unpaired) electrons. The van der Waals surface area contributed by atoms with Gasteiger partial charge in [-0.3, -0.25) is 9.98 Å². The topological polar surface area (TPSA) is 24.7 Å². The van der Waals surface area contributed by atoms with Gasteiger partial charge >= 0.3 is 0 Å². The van der Waals surface area contributed by atoms with E-state index in [2.05, 4.69) is 42.9 Å². The molecule has 0 aromatic rings. The summed E-state index contributed by atoms with van der Waals surface area (Å²) in [5, 5.41) is 0. The van der Waals surface area contributed by atoms with Gasteiger partial charge in [-0.25, -0.2) is 0 Å². The van der Waals surface area contributed by atoms with E-state index >= 15 is 0 Å². The van der Waals surface area contributed by atoms with Crippen LogP contribution >= 0.6 is 0 Å². The monoisotopic (exact) mass is 174 g/mol. The van der Waals surface area contributed by atoms with Crippen molar-refractivity contribution in [1.29, 1.82) is 0 Å². The predicted molar refractivity (Wildman–Crippen MR) is 56.4 cm³/mol. The summed E-state index contributed by atoms with van der Waals surface area (Å²) in [4.78, 5) is 8.89. The molecule has 0 saturated carbocycles. The molecule has 0 aromatic heterocycles. The molecular weight excluding hydrogens is 160 g/mol. The summed E-state index contributed by atoms with van der Waals surface area (Å²) in [7, 11) is 0. The van der Waals surface area contributed by atoms with E-state index in [1.165, 1.54) is 0 Å². The predicted octanol–water partition coefficient (Wildman–Crippen LogP) is 2.38. The van der Waals surface area contributed by atoms with Crippen LogP contribution in [-0.4, -0.2) is 18.0 Å². The van der Waals surface area contributed by atoms with E-state index in [-0.39, 0.29) is 11.5 Å². The molecule has 13 heavy (non-hydrogen) atoms. The third kappa shape index (κ3) is 1.48. The molecule has 2 heteroatoms. The van der Waals surface area contributed by atoms with Crippen molar-refractivity contribution in [2.45, 2.75) is 26.8 Å². The number of aliphatic imine (C=N–C) groups is 2. The fraction of sp³-hybridized carbons (Fsp3) is 0.455. The lowest BCUT2D eigenvalue weighted by atomic mass is 9.90. The van der Waals surface area contributed by atoms with Crippen LogP contribution < -0.4 is 0 Å². The standard InChI is InChI=1S/C11H14N2/c1-11(2,3)10-7-9-8(13-10)5-4-6-12-9/h4-8H,1-3H3. The Kier molecular flexibility index (Phi) is 1.72. The van der Waals surface area contributed by atoms with Gasteiger partial charge in [-0.2, -0.15) is 0 Å². The van der Waals surface area contributed by atoms with Gasteiger partial charge < -0.3 is 0 Å². The third-order valence-corrected chi connectivity index (χ3v) is 2.24. The number of fused-ring (bicyclic) bond motifs is 1. The van der Waals surface area contributed by atoms with Crippen molar-refractivity contribution in [2.24, 2.45) is 15.4 Å². The lowest BCUT2D eigenvalue weighted by Gasteiger charge is -2.16. The molecule has 0 aliphatic carbocycles. The molecule has 1 atom stereocenters. The average Bonchev–Trinajstić information content (AvgIpc) is 2.45. The molecule has 0 N–H and O–H groups in total. The van der Waals surface area contributed by atoms with Crippen LogP contribution in [0.3, 0.4) is 0 Å². The number of rotatable bonds is 0. The van der Waals surface area contributed by atoms with Crippen LogP contribution in [0.25, 0.3) is 0 Å². The van der Waals surface area contributed by atoms with E-state index in [4.69, 9.17) is 0 Å². The van der Waals surface area contributed by atoms with Crippen LogP contribution in [-0.2, 0) is 0 Å². The number of hydrogen-bond acceptors (Lipinski definition) is 2. The second kappa shape index (κ2) is 2.66. The molecule has 1 unspecified atom stereocenters. The van der Waals surface area contributed by atoms with Crippen molar-refractivity contribution in [3.8, 4) is 0 Å². The van der Waals surface area contributed by atoms with Crippen molar-refractivity contribution in [2.75, 3.05) is 0 Å². The molecule has 2 heterocycles. The highest BCUT2D eigenvalue weighted by molar-refractivity contribution is 6.02. The Morgan fingerprint density at radius 3 is 2.69 bits per heavy atom. The van der Waals surface area contributed by atoms with Crippen molar-refractivity contribution in [3.63, 3.8) is 0 Å². The molecule has 2 aliphatic heterocycles. The van der Waals surface area contributed by atoms with Crippen molar-refractivity contribution in [1.82, 2.24) is 0 Å². The van der Waals surface area contributed by atoms with E-state index in [9.17, 15) is 0 Å². The molecule has 0 spiro atoms. The molecular formula is C11H14N2. The normalized spacial score (nSPS) is 25.6. The van der Waals surface area contributed by atoms with Crippen molar-refractivity contribution in [3.05, 3.63) is 23.9 Å². The fourth-order valence-corrected chi connectivity index (χ4v) is 1.43. The number of nitrogens with zero attached hydrogens (tertiary/aromatic N) is 2. The minimum Gasteiger partial charge on any atom is -0.275 e. The molecule has 2 aliphatic rings. The summed E-state index contributed by atoms with van der Waals surface area (Å²) in [6, 6.07) is 0.180. The lowest BCUT2D eigenvalue weighted by Crippen LogP contribution is -2.16. The average molecular weight is 174 g/mol. The number of allylic oxidation sites excluding steroid dienone is 2. The molecule has 0 bridgehead atoms. The van der Waals surface area contributed by atoms with Gasteiger partial charge in [-0.15, -0.1) is 0 Å². The van der Waals surface area contributed by atoms with Gasteiger partial charge in [0.2, 0.25) is 0 Å². The van der Waals surface area contributed by atoms with Gasteiger partial charge in [-0.05, 0) is 12.2 Å². The summed E-state index contributed by atoms with van der Waals surface area (Å²) in [5.74, 6) is 0. The van der Waals surface area contributed by atoms with Crippen molar-refractivity contribution >= 4 is 11.9 Å². The molecule has 0 amide bonds. The second-order valence-corrected chi connectivity index (χ2v) is 4.44. The maximum atomic E-state index is 4.60. The second-order valence-electron chi connectivity index (χ2n) is 4.44. The van der Waals surface area contributed by atoms with E-state index in [0.29, 0.717) is 0 Å². The zero-order chi connectivity index (χ0) is 9.47. The Morgan fingerprint density at radius 2 is 2.08 bits per heavy atom. The summed E-state index contributed by atoms with van der Waals surface area (Å²) < 4.78 is 0. The van der Waals surface area contributed by atoms with Crippen LogP contribution in [0, 0.1) is 5.41 Å². The van der Waals surface area contributed by atoms with Gasteiger partial charge in [0.1, 0.15) is 6.04 Å². The molecule has 0 aromatic carbocycles. The van der Waals surface area contributed by atoms with Crippen LogP contribution in [0.2, 0.25) is 0 Å². The summed E-state index contributed by atoms with van der Waals surface area (Å²) >= 11 is 0. The minimum absolute atomic E-state index is 0.133. The van der Waals surface area contributed by atoms with Crippen LogP contribution in [0.4, 0.5) is 0 Å². The highest BCUT2D eigenvalue weighted by Gasteiger charge is 2.26. The Hall–Kier alpha value is -1.18. The molecule has 0 saturated heterocycles. The van der Waals surface area contributed by atoms with E-state index in [1.54, 1.807) is 0 Å². The summed E-state index contributed by atoms with van der Waals surface area (Å²) in [5.41, 5.74) is 2.36. The van der Waals surface area contributed by atoms with Gasteiger partial charge in [0.25, 0.3) is 0 Å². The summed E-state index contributed by atoms with van der Waals surface area (Å²) in [6.07, 6.45) is 7.96. The van der Waals surface area contributed by atoms with Crippen molar-refractivity contribution < 1.29 is 0 Å². The Morgan fingerprint density at radius 1 is 1.31 bits per heavy atom. The van der Waals surface area contributed by atoms with Gasteiger partial charge in [-0.1, -0.05) is 26.8 Å². The first-order chi connectivity index (χ1) is 6.07. The number of dihydropyridines is 1. The Bertz CT molecular complexity index is 338. The zero-order valence-electron chi connectivity index (χ0n) is 8.28. The maximum absolute atomic E-state index is 4.60. The molecule has 2 nitrogen and oxygen atoms in total. The lowest BCUT2D eigenvalue weighted by molar-refractivity contribution is 0.593. The van der Waals surface area contributed by atoms with E-state index < -0.39 is 0 Å². The van der Waals surface area contributed by atoms with Gasteiger partial charge in [0.15, 0.2) is 0 Å². The number of hydrogen-bond donors (Lipinski definition) is 0. The molecule has 0 fully saturated rings. The first-order valence-electron chi connectivity index (χ1n) is 4.58. The first kappa shape index (κ1) is 8.42. The van der Waals surface area contributed by atoms with Crippen LogP contribution in [0.1, 0.15) is 20.8 Å². The Labute approximate surface area is 78.8 Å². The van der Waals surface area contributed by atoms with E-state index in [1.807, 2.05) is 12.3 Å². The maximum Gasteiger partial charge on any atom is 0.111 e. The fourth-order valence-electron chi connectivity index (χ4n) is 1.43. The van der Waals surface area contributed by atoms with Crippen LogP contribution in [0.15, 0.2) is 33.9 Å². The zero-order valence-corrected chi connectivity index (χ0v) is 8.28. The van der Waals surface area contributed by atoms with Crippen LogP contribution in [0.5, 0.6) is 0 Å². The first-order valence-corrected chi connectivity index (χ1v) is 4.58. The van der Waals surface area contributed by atoms with E-state index in [0.717, 1.165) is 11.4 Å². The SMILES string of the molecule is CC(C)(C)C1=NC2C=CC=NC2=C1. The van der Waals surface area contributed by atoms with Gasteiger partial charge in [0, 0.05) is 17.3 Å². The highest BCUT2D eigenvalue weighted by atomic mass is 14.9. The summed E-state index contributed by atoms with van der Waals surface area (Å²) in [6.45, 7) is 6.52. The minimum atomic E-state index is 0.133. The Balaban J connectivity index is 2.33. The highest BCUT2D eigenvalue weighted by Crippen LogP contribution is 2.27. The van der Waals surface area contributed by atoms with Gasteiger partial charge in [0.05, 0.1) is 5.70 Å². The quantitative estimate of drug-likeness (QED) is 0.538. The molecule has 68 valence electrons. The third-order valence-electron chi connectivity index (χ3n) is 2.24. The smallest absolute Gasteiger partial charge is 0.111 e. The largest absolute Gasteiger partial charge is 0.275 e.